The monoisotopic (exact) mass is 252 g/mol. The molecule has 0 radical (unpaired) electrons. The fraction of sp³-hybridized carbons (Fsp3) is 0.417. The van der Waals surface area contributed by atoms with Crippen LogP contribution in [0.25, 0.3) is 0 Å². The number of benzene rings is 1. The Bertz CT molecular complexity index is 533. The van der Waals surface area contributed by atoms with E-state index in [1.165, 1.54) is 0 Å². The van der Waals surface area contributed by atoms with Gasteiger partial charge in [0.25, 0.3) is 5.91 Å². The maximum absolute atomic E-state index is 12.2. The molecule has 0 atom stereocenters. The number of hydrogen-bond donors (Lipinski definition) is 1. The average molecular weight is 252 g/mol. The van der Waals surface area contributed by atoms with Crippen LogP contribution in [0.1, 0.15) is 23.2 Å². The maximum Gasteiger partial charge on any atom is 0.251 e. The minimum Gasteiger partial charge on any atom is -0.355 e. The molecule has 1 amide bonds. The number of carbonyl (C=O) groups excluding carboxylic acids is 1. The van der Waals surface area contributed by atoms with E-state index in [4.69, 9.17) is 0 Å². The van der Waals surface area contributed by atoms with Crippen LogP contribution >= 0.6 is 0 Å². The highest BCUT2D eigenvalue weighted by molar-refractivity contribution is 7.93. The molecule has 1 fully saturated rings. The van der Waals surface area contributed by atoms with Crippen LogP contribution in [0.4, 0.5) is 5.69 Å². The van der Waals surface area contributed by atoms with Crippen LogP contribution in [0.5, 0.6) is 0 Å². The Morgan fingerprint density at radius 1 is 1.35 bits per heavy atom. The van der Waals surface area contributed by atoms with Crippen molar-refractivity contribution in [2.75, 3.05) is 18.6 Å². The normalized spacial score (nSPS) is 17.7. The van der Waals surface area contributed by atoms with Gasteiger partial charge < -0.3 is 5.32 Å². The van der Waals surface area contributed by atoms with Crippen LogP contribution in [0.3, 0.4) is 0 Å². The Hall–Kier alpha value is -1.36. The first-order valence-corrected chi connectivity index (χ1v) is 7.53. The summed E-state index contributed by atoms with van der Waals surface area (Å²) in [5, 5.41) is 2.56. The van der Waals surface area contributed by atoms with Crippen molar-refractivity contribution in [1.29, 1.82) is 0 Å². The Kier molecular flexibility index (Phi) is 3.47. The Morgan fingerprint density at radius 3 is 2.71 bits per heavy atom. The minimum atomic E-state index is -2.06. The van der Waals surface area contributed by atoms with E-state index in [9.17, 15) is 9.00 Å². The zero-order valence-electron chi connectivity index (χ0n) is 9.81. The van der Waals surface area contributed by atoms with Gasteiger partial charge in [-0.1, -0.05) is 6.07 Å². The van der Waals surface area contributed by atoms with E-state index in [0.717, 1.165) is 12.8 Å². The highest BCUT2D eigenvalue weighted by Crippen LogP contribution is 2.21. The van der Waals surface area contributed by atoms with Gasteiger partial charge in [0.2, 0.25) is 0 Å². The lowest BCUT2D eigenvalue weighted by Gasteiger charge is -2.03. The molecule has 1 aromatic carbocycles. The third-order valence-electron chi connectivity index (χ3n) is 2.78. The maximum atomic E-state index is 12.2. The largest absolute Gasteiger partial charge is 0.355 e. The van der Waals surface area contributed by atoms with Crippen LogP contribution in [-0.4, -0.2) is 28.7 Å². The van der Waals surface area contributed by atoms with E-state index in [-0.39, 0.29) is 5.91 Å². The minimum absolute atomic E-state index is 0.150. The van der Waals surface area contributed by atoms with Gasteiger partial charge in [0.05, 0.1) is 15.4 Å². The summed E-state index contributed by atoms with van der Waals surface area (Å²) in [6.45, 7) is 0. The van der Waals surface area contributed by atoms with E-state index in [2.05, 4.69) is 9.68 Å². The van der Waals surface area contributed by atoms with Crippen molar-refractivity contribution in [1.82, 2.24) is 5.32 Å². The summed E-state index contributed by atoms with van der Waals surface area (Å²) in [5.74, 6) is 1.21. The Labute approximate surface area is 102 Å². The van der Waals surface area contributed by atoms with Gasteiger partial charge in [-0.3, -0.25) is 4.79 Å². The summed E-state index contributed by atoms with van der Waals surface area (Å²) in [6, 6.07) is 6.96. The van der Waals surface area contributed by atoms with Crippen molar-refractivity contribution >= 4 is 21.3 Å². The van der Waals surface area contributed by atoms with Crippen molar-refractivity contribution < 1.29 is 9.00 Å². The lowest BCUT2D eigenvalue weighted by Crippen LogP contribution is -2.17. The fourth-order valence-electron chi connectivity index (χ4n) is 1.89. The molecule has 0 unspecified atom stereocenters. The van der Waals surface area contributed by atoms with Gasteiger partial charge in [-0.2, -0.15) is 4.36 Å². The van der Waals surface area contributed by atoms with Gasteiger partial charge in [0.15, 0.2) is 0 Å². The van der Waals surface area contributed by atoms with Crippen molar-refractivity contribution in [2.45, 2.75) is 12.8 Å². The molecule has 5 heteroatoms. The molecule has 0 aromatic heterocycles. The summed E-state index contributed by atoms with van der Waals surface area (Å²) in [4.78, 5) is 11.5. The molecule has 1 aromatic rings. The summed E-state index contributed by atoms with van der Waals surface area (Å²) in [7, 11) is -0.476. The molecular weight excluding hydrogens is 236 g/mol. The molecule has 1 aliphatic heterocycles. The van der Waals surface area contributed by atoms with Gasteiger partial charge in [0.1, 0.15) is 0 Å². The van der Waals surface area contributed by atoms with Crippen molar-refractivity contribution in [2.24, 2.45) is 4.36 Å². The molecular formula is C12H16N2O2S. The molecule has 0 aliphatic carbocycles. The molecule has 1 aliphatic rings. The summed E-state index contributed by atoms with van der Waals surface area (Å²) in [5.41, 5.74) is 1.19. The third kappa shape index (κ3) is 2.85. The molecule has 1 N–H and O–H groups in total. The smallest absolute Gasteiger partial charge is 0.251 e. The van der Waals surface area contributed by atoms with E-state index >= 15 is 0 Å². The van der Waals surface area contributed by atoms with Gasteiger partial charge >= 0.3 is 0 Å². The topological polar surface area (TPSA) is 58.5 Å². The fourth-order valence-corrected chi connectivity index (χ4v) is 4.08. The van der Waals surface area contributed by atoms with Gasteiger partial charge in [-0.15, -0.1) is 0 Å². The summed E-state index contributed by atoms with van der Waals surface area (Å²) in [6.07, 6.45) is 1.97. The predicted octanol–water partition coefficient (Wildman–Crippen LogP) is 1.94. The summed E-state index contributed by atoms with van der Waals surface area (Å²) < 4.78 is 16.6. The Morgan fingerprint density at radius 2 is 2.06 bits per heavy atom. The lowest BCUT2D eigenvalue weighted by molar-refractivity contribution is 0.0963. The lowest BCUT2D eigenvalue weighted by atomic mass is 10.2. The van der Waals surface area contributed by atoms with Gasteiger partial charge in [0, 0.05) is 24.1 Å². The second-order valence-corrected chi connectivity index (χ2v) is 6.65. The second kappa shape index (κ2) is 4.87. The number of hydrogen-bond acceptors (Lipinski definition) is 3. The first kappa shape index (κ1) is 12.1. The molecule has 4 nitrogen and oxygen atoms in total. The van der Waals surface area contributed by atoms with Crippen molar-refractivity contribution in [3.63, 3.8) is 0 Å². The average Bonchev–Trinajstić information content (AvgIpc) is 2.75. The molecule has 0 spiro atoms. The SMILES string of the molecule is CNC(=O)c1cccc(N=S2(=O)CCCC2)c1. The number of rotatable bonds is 2. The molecule has 92 valence electrons. The summed E-state index contributed by atoms with van der Waals surface area (Å²) >= 11 is 0. The number of nitrogens with one attached hydrogen (secondary N) is 1. The standard InChI is InChI=1S/C12H16N2O2S/c1-13-12(15)10-5-4-6-11(9-10)14-17(16)7-2-3-8-17/h4-6,9H,2-3,7-8H2,1H3,(H,13,15). The molecule has 0 saturated carbocycles. The van der Waals surface area contributed by atoms with Crippen LogP contribution in [-0.2, 0) is 9.73 Å². The molecule has 1 heterocycles. The third-order valence-corrected chi connectivity index (χ3v) is 5.18. The first-order valence-electron chi connectivity index (χ1n) is 5.68. The van der Waals surface area contributed by atoms with E-state index in [1.807, 2.05) is 0 Å². The first-order chi connectivity index (χ1) is 8.13. The van der Waals surface area contributed by atoms with Crippen LogP contribution in [0.15, 0.2) is 28.6 Å². The van der Waals surface area contributed by atoms with E-state index in [1.54, 1.807) is 31.3 Å². The van der Waals surface area contributed by atoms with Gasteiger partial charge in [-0.05, 0) is 31.0 Å². The Balaban J connectivity index is 2.34. The highest BCUT2D eigenvalue weighted by atomic mass is 32.2. The van der Waals surface area contributed by atoms with Crippen molar-refractivity contribution in [3.05, 3.63) is 29.8 Å². The van der Waals surface area contributed by atoms with E-state index in [0.29, 0.717) is 22.8 Å². The number of carbonyl (C=O) groups is 1. The van der Waals surface area contributed by atoms with Crippen LogP contribution in [0, 0.1) is 0 Å². The zero-order valence-corrected chi connectivity index (χ0v) is 10.6. The predicted molar refractivity (Wildman–Crippen MR) is 69.0 cm³/mol. The zero-order chi connectivity index (χ0) is 12.3. The van der Waals surface area contributed by atoms with E-state index < -0.39 is 9.73 Å². The number of nitrogens with zero attached hydrogens (tertiary/aromatic N) is 1. The van der Waals surface area contributed by atoms with Crippen molar-refractivity contribution in [3.8, 4) is 0 Å². The quantitative estimate of drug-likeness (QED) is 0.874. The molecule has 17 heavy (non-hydrogen) atoms. The second-order valence-electron chi connectivity index (χ2n) is 4.11. The van der Waals surface area contributed by atoms with Gasteiger partial charge in [-0.25, -0.2) is 4.21 Å². The number of amides is 1. The van der Waals surface area contributed by atoms with Crippen LogP contribution in [0.2, 0.25) is 0 Å². The van der Waals surface area contributed by atoms with Crippen LogP contribution < -0.4 is 5.32 Å². The highest BCUT2D eigenvalue weighted by Gasteiger charge is 2.16. The molecule has 2 rings (SSSR count). The molecule has 1 saturated heterocycles. The molecule has 0 bridgehead atoms.